The summed E-state index contributed by atoms with van der Waals surface area (Å²) in [7, 11) is 0. The zero-order valence-electron chi connectivity index (χ0n) is 17.4. The van der Waals surface area contributed by atoms with Crippen molar-refractivity contribution in [3.05, 3.63) is 35.4 Å². The van der Waals surface area contributed by atoms with Gasteiger partial charge in [0.05, 0.1) is 6.61 Å². The Labute approximate surface area is 167 Å². The normalized spacial score (nSPS) is 47.4. The van der Waals surface area contributed by atoms with Crippen LogP contribution in [0.3, 0.4) is 0 Å². The highest BCUT2D eigenvalue weighted by molar-refractivity contribution is 5.20. The zero-order valence-corrected chi connectivity index (χ0v) is 17.4. The van der Waals surface area contributed by atoms with E-state index in [1.54, 1.807) is 0 Å². The average molecular weight is 389 g/mol. The maximum atomic E-state index is 6.45. The molecule has 0 N–H and O–H groups in total. The summed E-state index contributed by atoms with van der Waals surface area (Å²) in [5.41, 5.74) is 1.90. The lowest BCUT2D eigenvalue weighted by molar-refractivity contribution is -0.577. The molecule has 1 saturated carbocycles. The molecule has 28 heavy (non-hydrogen) atoms. The van der Waals surface area contributed by atoms with E-state index in [4.69, 9.17) is 24.0 Å². The van der Waals surface area contributed by atoms with Gasteiger partial charge < -0.3 is 14.2 Å². The monoisotopic (exact) mass is 388 g/mol. The molecule has 1 spiro atoms. The van der Waals surface area contributed by atoms with E-state index < -0.39 is 17.7 Å². The van der Waals surface area contributed by atoms with Gasteiger partial charge in [0.15, 0.2) is 18.2 Å². The molecule has 1 aromatic rings. The van der Waals surface area contributed by atoms with Gasteiger partial charge in [0.2, 0.25) is 5.79 Å². The SMILES string of the molecule is Cc1ccc(COC2O[C@@H]3O[C@]4(C)CCC5C(C)CCC(C2C)C53OO4)cc1. The lowest BCUT2D eigenvalue weighted by atomic mass is 9.58. The largest absolute Gasteiger partial charge is 0.348 e. The van der Waals surface area contributed by atoms with E-state index in [1.807, 2.05) is 6.92 Å². The topological polar surface area (TPSA) is 46.2 Å². The minimum absolute atomic E-state index is 0.214. The molecule has 0 amide bonds. The van der Waals surface area contributed by atoms with Crippen LogP contribution in [0.15, 0.2) is 24.3 Å². The van der Waals surface area contributed by atoms with E-state index in [2.05, 4.69) is 45.0 Å². The summed E-state index contributed by atoms with van der Waals surface area (Å²) in [4.78, 5) is 12.0. The highest BCUT2D eigenvalue weighted by Crippen LogP contribution is 2.60. The Balaban J connectivity index is 1.40. The second-order valence-electron chi connectivity index (χ2n) is 9.57. The van der Waals surface area contributed by atoms with Crippen LogP contribution in [0.1, 0.15) is 57.6 Å². The van der Waals surface area contributed by atoms with Crippen molar-refractivity contribution in [2.75, 3.05) is 0 Å². The first-order valence-corrected chi connectivity index (χ1v) is 10.8. The minimum Gasteiger partial charge on any atom is -0.348 e. The molecule has 154 valence electrons. The number of ether oxygens (including phenoxy) is 3. The molecule has 5 fully saturated rings. The quantitative estimate of drug-likeness (QED) is 0.701. The molecule has 5 heteroatoms. The second-order valence-corrected chi connectivity index (χ2v) is 9.57. The lowest BCUT2D eigenvalue weighted by Gasteiger charge is -2.60. The summed E-state index contributed by atoms with van der Waals surface area (Å²) in [5, 5.41) is 0. The predicted molar refractivity (Wildman–Crippen MR) is 103 cm³/mol. The first-order chi connectivity index (χ1) is 13.4. The second kappa shape index (κ2) is 6.78. The molecule has 0 aromatic heterocycles. The summed E-state index contributed by atoms with van der Waals surface area (Å²) in [5.74, 6) is 0.748. The molecule has 4 saturated heterocycles. The summed E-state index contributed by atoms with van der Waals surface area (Å²) >= 11 is 0. The third-order valence-corrected chi connectivity index (χ3v) is 7.63. The van der Waals surface area contributed by atoms with Crippen LogP contribution in [-0.4, -0.2) is 24.0 Å². The fraction of sp³-hybridized carbons (Fsp3) is 0.739. The maximum absolute atomic E-state index is 6.45. The fourth-order valence-electron chi connectivity index (χ4n) is 5.93. The molecule has 5 aliphatic rings. The Morgan fingerprint density at radius 1 is 1.04 bits per heavy atom. The van der Waals surface area contributed by atoms with Crippen molar-refractivity contribution in [1.29, 1.82) is 0 Å². The first-order valence-electron chi connectivity index (χ1n) is 10.8. The molecular formula is C23H32O5. The number of hydrogen-bond acceptors (Lipinski definition) is 5. The number of benzene rings is 1. The van der Waals surface area contributed by atoms with Gasteiger partial charge in [0.1, 0.15) is 0 Å². The average Bonchev–Trinajstić information content (AvgIpc) is 2.91. The first kappa shape index (κ1) is 19.0. The Kier molecular flexibility index (Phi) is 4.60. The smallest absolute Gasteiger partial charge is 0.201 e. The van der Waals surface area contributed by atoms with Gasteiger partial charge in [-0.25, -0.2) is 9.78 Å². The zero-order chi connectivity index (χ0) is 19.5. The number of fused-ring (bicyclic) bond motifs is 2. The van der Waals surface area contributed by atoms with Crippen LogP contribution in [0.2, 0.25) is 0 Å². The van der Waals surface area contributed by atoms with Gasteiger partial charge >= 0.3 is 0 Å². The molecule has 0 radical (unpaired) electrons. The molecule has 8 atom stereocenters. The van der Waals surface area contributed by atoms with Crippen molar-refractivity contribution in [2.45, 2.75) is 84.0 Å². The highest BCUT2D eigenvalue weighted by Gasteiger charge is 2.69. The van der Waals surface area contributed by atoms with E-state index in [9.17, 15) is 0 Å². The molecular weight excluding hydrogens is 356 g/mol. The van der Waals surface area contributed by atoms with Gasteiger partial charge in [-0.15, -0.1) is 0 Å². The van der Waals surface area contributed by atoms with Crippen LogP contribution in [0.5, 0.6) is 0 Å². The number of rotatable bonds is 3. The fourth-order valence-corrected chi connectivity index (χ4v) is 5.93. The number of hydrogen-bond donors (Lipinski definition) is 0. The predicted octanol–water partition coefficient (Wildman–Crippen LogP) is 4.72. The summed E-state index contributed by atoms with van der Waals surface area (Å²) in [6.45, 7) is 9.15. The van der Waals surface area contributed by atoms with Crippen molar-refractivity contribution in [2.24, 2.45) is 23.7 Å². The molecule has 2 bridgehead atoms. The Hall–Kier alpha value is -0.980. The summed E-state index contributed by atoms with van der Waals surface area (Å²) in [6.07, 6.45) is 3.44. The standard InChI is InChI=1S/C23H32O5/c1-14-5-8-17(9-6-14)13-24-20-16(3)19-10-7-15(2)18-11-12-22(4)26-21(25-20)23(18,19)28-27-22/h5-6,8-9,15-16,18-21H,7,10-13H2,1-4H3/t15?,16?,18?,19?,20?,21-,22+,23?/m1/s1. The maximum Gasteiger partial charge on any atom is 0.201 e. The van der Waals surface area contributed by atoms with Gasteiger partial charge in [-0.05, 0) is 50.5 Å². The van der Waals surface area contributed by atoms with Crippen LogP contribution in [0.25, 0.3) is 0 Å². The molecule has 1 aromatic carbocycles. The molecule has 4 heterocycles. The highest BCUT2D eigenvalue weighted by atomic mass is 17.3. The van der Waals surface area contributed by atoms with Crippen molar-refractivity contribution >= 4 is 0 Å². The van der Waals surface area contributed by atoms with Crippen LogP contribution in [0.4, 0.5) is 0 Å². The van der Waals surface area contributed by atoms with E-state index in [0.717, 1.165) is 24.8 Å². The van der Waals surface area contributed by atoms with Gasteiger partial charge in [-0.3, -0.25) is 0 Å². The van der Waals surface area contributed by atoms with Gasteiger partial charge in [-0.2, -0.15) is 0 Å². The summed E-state index contributed by atoms with van der Waals surface area (Å²) in [6, 6.07) is 8.46. The van der Waals surface area contributed by atoms with E-state index >= 15 is 0 Å². The van der Waals surface area contributed by atoms with Gasteiger partial charge in [0, 0.05) is 18.3 Å². The molecule has 6 rings (SSSR count). The van der Waals surface area contributed by atoms with E-state index in [1.165, 1.54) is 12.0 Å². The Bertz CT molecular complexity index is 720. The van der Waals surface area contributed by atoms with Crippen LogP contribution in [-0.2, 0) is 30.6 Å². The lowest BCUT2D eigenvalue weighted by Crippen LogP contribution is -2.70. The van der Waals surface area contributed by atoms with Gasteiger partial charge in [-0.1, -0.05) is 43.7 Å². The molecule has 6 unspecified atom stereocenters. The van der Waals surface area contributed by atoms with Crippen LogP contribution in [0, 0.1) is 30.6 Å². The third-order valence-electron chi connectivity index (χ3n) is 7.63. The Morgan fingerprint density at radius 3 is 2.61 bits per heavy atom. The van der Waals surface area contributed by atoms with Gasteiger partial charge in [0.25, 0.3) is 0 Å². The van der Waals surface area contributed by atoms with Crippen LogP contribution >= 0.6 is 0 Å². The minimum atomic E-state index is -0.736. The van der Waals surface area contributed by atoms with E-state index in [-0.39, 0.29) is 12.2 Å². The number of aryl methyl sites for hydroxylation is 1. The van der Waals surface area contributed by atoms with Crippen LogP contribution < -0.4 is 0 Å². The van der Waals surface area contributed by atoms with Crippen molar-refractivity contribution in [1.82, 2.24) is 0 Å². The third kappa shape index (κ3) is 2.86. The molecule has 5 nitrogen and oxygen atoms in total. The van der Waals surface area contributed by atoms with Crippen molar-refractivity contribution in [3.63, 3.8) is 0 Å². The van der Waals surface area contributed by atoms with Crippen molar-refractivity contribution in [3.8, 4) is 0 Å². The molecule has 1 aliphatic carbocycles. The molecule has 4 aliphatic heterocycles. The Morgan fingerprint density at radius 2 is 1.82 bits per heavy atom. The van der Waals surface area contributed by atoms with Crippen molar-refractivity contribution < 1.29 is 24.0 Å². The summed E-state index contributed by atoms with van der Waals surface area (Å²) < 4.78 is 19.1. The van der Waals surface area contributed by atoms with E-state index in [0.29, 0.717) is 24.4 Å².